The van der Waals surface area contributed by atoms with Gasteiger partial charge in [-0.2, -0.15) is 0 Å². The number of nitrogens with two attached hydrogens (primary N) is 1. The van der Waals surface area contributed by atoms with Crippen LogP contribution in [0.25, 0.3) is 0 Å². The number of rotatable bonds is 9. The molecule has 0 aliphatic heterocycles. The Morgan fingerprint density at radius 3 is 2.21 bits per heavy atom. The van der Waals surface area contributed by atoms with Crippen molar-refractivity contribution in [3.05, 3.63) is 12.2 Å². The Bertz CT molecular complexity index is 167. The molecule has 0 aliphatic rings. The van der Waals surface area contributed by atoms with Crippen molar-refractivity contribution in [2.75, 3.05) is 6.54 Å². The highest BCUT2D eigenvalue weighted by Gasteiger charge is 1.90. The van der Waals surface area contributed by atoms with E-state index in [0.29, 0.717) is 0 Å². The van der Waals surface area contributed by atoms with Gasteiger partial charge in [0.1, 0.15) is 0 Å². The molecular weight excluding hydrogens is 178 g/mol. The SMILES string of the molecule is NCCCCCCCC/C=C/C(=O)O. The molecule has 0 spiro atoms. The van der Waals surface area contributed by atoms with Crippen LogP contribution in [0.4, 0.5) is 0 Å². The van der Waals surface area contributed by atoms with Crippen LogP contribution in [0.15, 0.2) is 12.2 Å². The Labute approximate surface area is 86.0 Å². The van der Waals surface area contributed by atoms with Crippen molar-refractivity contribution >= 4 is 5.97 Å². The zero-order valence-corrected chi connectivity index (χ0v) is 8.74. The van der Waals surface area contributed by atoms with Crippen molar-refractivity contribution in [2.24, 2.45) is 5.73 Å². The summed E-state index contributed by atoms with van der Waals surface area (Å²) in [6, 6.07) is 0. The van der Waals surface area contributed by atoms with Crippen LogP contribution >= 0.6 is 0 Å². The normalized spacial score (nSPS) is 10.9. The minimum atomic E-state index is -0.854. The Morgan fingerprint density at radius 1 is 1.07 bits per heavy atom. The van der Waals surface area contributed by atoms with Gasteiger partial charge in [-0.3, -0.25) is 0 Å². The van der Waals surface area contributed by atoms with Gasteiger partial charge in [0.15, 0.2) is 0 Å². The van der Waals surface area contributed by atoms with Crippen molar-refractivity contribution in [3.63, 3.8) is 0 Å². The minimum Gasteiger partial charge on any atom is -0.478 e. The average Bonchev–Trinajstić information content (AvgIpc) is 2.15. The number of carbonyl (C=O) groups is 1. The third-order valence-electron chi connectivity index (χ3n) is 2.09. The number of carboxylic acids is 1. The Hall–Kier alpha value is -0.830. The molecule has 0 bridgehead atoms. The maximum Gasteiger partial charge on any atom is 0.327 e. The van der Waals surface area contributed by atoms with E-state index in [1.165, 1.54) is 31.8 Å². The summed E-state index contributed by atoms with van der Waals surface area (Å²) in [7, 11) is 0. The van der Waals surface area contributed by atoms with Crippen molar-refractivity contribution in [1.82, 2.24) is 0 Å². The van der Waals surface area contributed by atoms with E-state index in [-0.39, 0.29) is 0 Å². The predicted molar refractivity (Wildman–Crippen MR) is 58.1 cm³/mol. The Balaban J connectivity index is 3.02. The summed E-state index contributed by atoms with van der Waals surface area (Å²) in [4.78, 5) is 10.1. The molecule has 3 nitrogen and oxygen atoms in total. The largest absolute Gasteiger partial charge is 0.478 e. The van der Waals surface area contributed by atoms with Gasteiger partial charge in [0, 0.05) is 6.08 Å². The number of allylic oxidation sites excluding steroid dienone is 1. The molecule has 0 aromatic rings. The molecule has 82 valence electrons. The summed E-state index contributed by atoms with van der Waals surface area (Å²) < 4.78 is 0. The van der Waals surface area contributed by atoms with Crippen molar-refractivity contribution in [3.8, 4) is 0 Å². The van der Waals surface area contributed by atoms with E-state index in [2.05, 4.69) is 0 Å². The van der Waals surface area contributed by atoms with E-state index in [0.717, 1.165) is 25.8 Å². The van der Waals surface area contributed by atoms with Crippen LogP contribution in [0, 0.1) is 0 Å². The maximum absolute atomic E-state index is 10.1. The van der Waals surface area contributed by atoms with Crippen molar-refractivity contribution < 1.29 is 9.90 Å². The van der Waals surface area contributed by atoms with E-state index >= 15 is 0 Å². The van der Waals surface area contributed by atoms with Crippen LogP contribution in [0.1, 0.15) is 44.9 Å². The second kappa shape index (κ2) is 10.3. The minimum absolute atomic E-state index is 0.793. The Kier molecular flexibility index (Phi) is 9.64. The third kappa shape index (κ3) is 11.2. The molecule has 3 N–H and O–H groups in total. The fraction of sp³-hybridized carbons (Fsp3) is 0.727. The van der Waals surface area contributed by atoms with Gasteiger partial charge in [0.2, 0.25) is 0 Å². The van der Waals surface area contributed by atoms with E-state index < -0.39 is 5.97 Å². The van der Waals surface area contributed by atoms with Crippen LogP contribution < -0.4 is 5.73 Å². The topological polar surface area (TPSA) is 63.3 Å². The smallest absolute Gasteiger partial charge is 0.327 e. The third-order valence-corrected chi connectivity index (χ3v) is 2.09. The lowest BCUT2D eigenvalue weighted by Gasteiger charge is -1.98. The predicted octanol–water partition coefficient (Wildman–Crippen LogP) is 2.32. The number of hydrogen-bond donors (Lipinski definition) is 2. The lowest BCUT2D eigenvalue weighted by molar-refractivity contribution is -0.131. The van der Waals surface area contributed by atoms with Gasteiger partial charge in [-0.05, 0) is 25.8 Å². The van der Waals surface area contributed by atoms with Crippen LogP contribution in [0.3, 0.4) is 0 Å². The van der Waals surface area contributed by atoms with Crippen molar-refractivity contribution in [1.29, 1.82) is 0 Å². The van der Waals surface area contributed by atoms with Gasteiger partial charge in [-0.15, -0.1) is 0 Å². The molecule has 3 heteroatoms. The highest BCUT2D eigenvalue weighted by Crippen LogP contribution is 2.06. The standard InChI is InChI=1S/C11H21NO2/c12-10-8-6-4-2-1-3-5-7-9-11(13)14/h7,9H,1-6,8,10,12H2,(H,13,14)/b9-7+. The summed E-state index contributed by atoms with van der Waals surface area (Å²) in [6.07, 6.45) is 10.9. The monoisotopic (exact) mass is 199 g/mol. The molecule has 0 aromatic carbocycles. The molecule has 0 radical (unpaired) electrons. The number of carboxylic acid groups (broad SMARTS) is 1. The molecule has 0 heterocycles. The molecule has 0 fully saturated rings. The first-order valence-corrected chi connectivity index (χ1v) is 5.37. The second-order valence-electron chi connectivity index (χ2n) is 3.44. The quantitative estimate of drug-likeness (QED) is 0.442. The maximum atomic E-state index is 10.1. The van der Waals surface area contributed by atoms with E-state index in [1.807, 2.05) is 0 Å². The van der Waals surface area contributed by atoms with E-state index in [4.69, 9.17) is 10.8 Å². The first kappa shape index (κ1) is 13.2. The molecule has 0 aromatic heterocycles. The van der Waals surface area contributed by atoms with Crippen LogP contribution in [0.5, 0.6) is 0 Å². The van der Waals surface area contributed by atoms with Gasteiger partial charge in [0.05, 0.1) is 0 Å². The molecule has 0 atom stereocenters. The van der Waals surface area contributed by atoms with Crippen LogP contribution in [-0.4, -0.2) is 17.6 Å². The molecular formula is C11H21NO2. The summed E-state index contributed by atoms with van der Waals surface area (Å²) in [5.74, 6) is -0.854. The molecule has 0 amide bonds. The summed E-state index contributed by atoms with van der Waals surface area (Å²) in [5.41, 5.74) is 5.37. The van der Waals surface area contributed by atoms with Crippen LogP contribution in [-0.2, 0) is 4.79 Å². The molecule has 0 saturated heterocycles. The van der Waals surface area contributed by atoms with Gasteiger partial charge < -0.3 is 10.8 Å². The zero-order chi connectivity index (χ0) is 10.6. The number of hydrogen-bond acceptors (Lipinski definition) is 2. The van der Waals surface area contributed by atoms with Crippen LogP contribution in [0.2, 0.25) is 0 Å². The Morgan fingerprint density at radius 2 is 1.64 bits per heavy atom. The van der Waals surface area contributed by atoms with E-state index in [9.17, 15) is 4.79 Å². The molecule has 14 heavy (non-hydrogen) atoms. The first-order chi connectivity index (χ1) is 6.77. The highest BCUT2D eigenvalue weighted by atomic mass is 16.4. The summed E-state index contributed by atoms with van der Waals surface area (Å²) >= 11 is 0. The fourth-order valence-corrected chi connectivity index (χ4v) is 1.30. The first-order valence-electron chi connectivity index (χ1n) is 5.37. The van der Waals surface area contributed by atoms with Gasteiger partial charge in [-0.1, -0.05) is 31.8 Å². The lowest BCUT2D eigenvalue weighted by atomic mass is 10.1. The molecule has 0 aliphatic carbocycles. The zero-order valence-electron chi connectivity index (χ0n) is 8.74. The number of unbranched alkanes of at least 4 members (excludes halogenated alkanes) is 6. The number of aliphatic carboxylic acids is 1. The average molecular weight is 199 g/mol. The summed E-state index contributed by atoms with van der Waals surface area (Å²) in [6.45, 7) is 0.793. The van der Waals surface area contributed by atoms with Gasteiger partial charge >= 0.3 is 5.97 Å². The van der Waals surface area contributed by atoms with Gasteiger partial charge in [-0.25, -0.2) is 4.79 Å². The molecule has 0 rings (SSSR count). The lowest BCUT2D eigenvalue weighted by Crippen LogP contribution is -1.97. The fourth-order valence-electron chi connectivity index (χ4n) is 1.30. The van der Waals surface area contributed by atoms with Crippen molar-refractivity contribution in [2.45, 2.75) is 44.9 Å². The molecule has 0 saturated carbocycles. The van der Waals surface area contributed by atoms with E-state index in [1.54, 1.807) is 6.08 Å². The summed E-state index contributed by atoms with van der Waals surface area (Å²) in [5, 5.41) is 8.31. The molecule has 0 unspecified atom stereocenters. The highest BCUT2D eigenvalue weighted by molar-refractivity contribution is 5.79. The second-order valence-corrected chi connectivity index (χ2v) is 3.44. The van der Waals surface area contributed by atoms with Gasteiger partial charge in [0.25, 0.3) is 0 Å².